The van der Waals surface area contributed by atoms with E-state index in [-0.39, 0.29) is 25.4 Å². The van der Waals surface area contributed by atoms with Crippen LogP contribution in [-0.4, -0.2) is 47.3 Å². The second-order valence-electron chi connectivity index (χ2n) is 13.2. The van der Waals surface area contributed by atoms with Crippen LogP contribution in [0.2, 0.25) is 10.0 Å². The van der Waals surface area contributed by atoms with E-state index in [0.29, 0.717) is 44.9 Å². The van der Waals surface area contributed by atoms with Gasteiger partial charge in [-0.05, 0) is 67.0 Å². The summed E-state index contributed by atoms with van der Waals surface area (Å²) < 4.78 is 18.8. The van der Waals surface area contributed by atoms with Gasteiger partial charge in [-0.15, -0.1) is 0 Å². The van der Waals surface area contributed by atoms with Gasteiger partial charge >= 0.3 is 0 Å². The van der Waals surface area contributed by atoms with Crippen LogP contribution in [0, 0.1) is 16.7 Å². The summed E-state index contributed by atoms with van der Waals surface area (Å²) in [5.41, 5.74) is 12.7. The van der Waals surface area contributed by atoms with Crippen molar-refractivity contribution in [3.05, 3.63) is 105 Å². The van der Waals surface area contributed by atoms with E-state index in [1.54, 1.807) is 24.4 Å². The maximum absolute atomic E-state index is 9.65. The van der Waals surface area contributed by atoms with E-state index >= 15 is 0 Å². The van der Waals surface area contributed by atoms with Crippen molar-refractivity contribution < 1.29 is 19.3 Å². The maximum atomic E-state index is 9.65. The molecule has 2 fully saturated rings. The van der Waals surface area contributed by atoms with Crippen LogP contribution in [0.3, 0.4) is 0 Å². The van der Waals surface area contributed by atoms with Gasteiger partial charge in [-0.2, -0.15) is 5.26 Å². The minimum atomic E-state index is -0.201. The Kier molecular flexibility index (Phi) is 9.50. The van der Waals surface area contributed by atoms with Gasteiger partial charge < -0.3 is 30.0 Å². The third-order valence-electron chi connectivity index (χ3n) is 9.72. The molecule has 1 atom stereocenters. The van der Waals surface area contributed by atoms with Crippen LogP contribution in [0.25, 0.3) is 11.1 Å². The van der Waals surface area contributed by atoms with Gasteiger partial charge in [-0.25, -0.2) is 0 Å². The molecular weight excluding hydrogens is 647 g/mol. The second-order valence-corrected chi connectivity index (χ2v) is 14.0. The molecule has 3 N–H and O–H groups in total. The van der Waals surface area contributed by atoms with Crippen molar-refractivity contribution in [2.45, 2.75) is 57.5 Å². The fraction of sp³-hybridized carbons (Fsp3) is 0.368. The van der Waals surface area contributed by atoms with Crippen molar-refractivity contribution in [3.63, 3.8) is 0 Å². The van der Waals surface area contributed by atoms with E-state index in [9.17, 15) is 10.4 Å². The fourth-order valence-corrected chi connectivity index (χ4v) is 7.97. The molecule has 7 rings (SSSR count). The Morgan fingerprint density at radius 3 is 2.60 bits per heavy atom. The number of hydrogen-bond donors (Lipinski definition) is 2. The highest BCUT2D eigenvalue weighted by atomic mass is 35.5. The molecule has 2 heterocycles. The number of nitrogens with two attached hydrogens (primary N) is 1. The zero-order valence-corrected chi connectivity index (χ0v) is 28.1. The molecule has 1 aliphatic heterocycles. The van der Waals surface area contributed by atoms with Crippen molar-refractivity contribution >= 4 is 23.2 Å². The van der Waals surface area contributed by atoms with Gasteiger partial charge in [-0.1, -0.05) is 53.5 Å². The Morgan fingerprint density at radius 1 is 1.00 bits per heavy atom. The molecule has 0 radical (unpaired) electrons. The summed E-state index contributed by atoms with van der Waals surface area (Å²) in [6, 6.07) is 19.6. The highest BCUT2D eigenvalue weighted by Gasteiger charge is 2.51. The number of halogens is 2. The minimum absolute atomic E-state index is 0.0970. The summed E-state index contributed by atoms with van der Waals surface area (Å²) in [6.07, 6.45) is 7.32. The number of pyridine rings is 1. The minimum Gasteiger partial charge on any atom is -0.492 e. The molecule has 0 unspecified atom stereocenters. The number of rotatable bonds is 12. The van der Waals surface area contributed by atoms with Crippen LogP contribution in [0.15, 0.2) is 67.0 Å². The average Bonchev–Trinajstić information content (AvgIpc) is 3.48. The fourth-order valence-electron chi connectivity index (χ4n) is 7.45. The Morgan fingerprint density at radius 2 is 1.81 bits per heavy atom. The summed E-state index contributed by atoms with van der Waals surface area (Å²) >= 11 is 13.7. The van der Waals surface area contributed by atoms with Crippen LogP contribution in [-0.2, 0) is 19.6 Å². The SMILES string of the molecule is N#Cc1cncc(COc2cc(O[C@H]3CCc4c(-c5cccc(OCCCN6CC7(CC(O)C7)C6)c5Cl)cccc43)c(Cl)cc2CN)c1. The predicted octanol–water partition coefficient (Wildman–Crippen LogP) is 7.26. The molecule has 248 valence electrons. The van der Waals surface area contributed by atoms with Crippen molar-refractivity contribution in [1.82, 2.24) is 9.88 Å². The highest BCUT2D eigenvalue weighted by molar-refractivity contribution is 6.35. The monoisotopic (exact) mass is 684 g/mol. The standard InChI is InChI=1S/C38H38Cl2N4O4/c39-32-13-26(18-42)35(47-21-25-12-24(17-41)19-43-20-25)14-36(32)48-33-9-8-29-28(4-1-5-30(29)33)31-6-2-7-34(37(31)40)46-11-3-10-44-22-38(23-44)15-27(45)16-38/h1-2,4-7,12-14,19-20,27,33,45H,3,8-11,15-16,18,21-23,42H2/t33-/m0/s1. The van der Waals surface area contributed by atoms with Crippen LogP contribution in [0.4, 0.5) is 0 Å². The number of ether oxygens (including phenoxy) is 3. The molecule has 2 aliphatic carbocycles. The number of nitrogens with zero attached hydrogens (tertiary/aromatic N) is 3. The van der Waals surface area contributed by atoms with Gasteiger partial charge in [0.1, 0.15) is 36.0 Å². The third-order valence-corrected chi connectivity index (χ3v) is 10.4. The largest absolute Gasteiger partial charge is 0.492 e. The van der Waals surface area contributed by atoms with Gasteiger partial charge in [0.05, 0.1) is 28.3 Å². The van der Waals surface area contributed by atoms with E-state index in [0.717, 1.165) is 79.6 Å². The number of aliphatic hydroxyl groups excluding tert-OH is 1. The van der Waals surface area contributed by atoms with Gasteiger partial charge in [0.25, 0.3) is 0 Å². The van der Waals surface area contributed by atoms with Crippen LogP contribution >= 0.6 is 23.2 Å². The Labute approximate surface area is 291 Å². The first-order valence-corrected chi connectivity index (χ1v) is 17.2. The van der Waals surface area contributed by atoms with Gasteiger partial charge in [-0.3, -0.25) is 4.98 Å². The lowest BCUT2D eigenvalue weighted by molar-refractivity contribution is -0.128. The first kappa shape index (κ1) is 32.7. The summed E-state index contributed by atoms with van der Waals surface area (Å²) in [4.78, 5) is 6.56. The van der Waals surface area contributed by atoms with Gasteiger partial charge in [0.15, 0.2) is 0 Å². The van der Waals surface area contributed by atoms with Crippen LogP contribution < -0.4 is 19.9 Å². The molecule has 0 amide bonds. The Balaban J connectivity index is 1.02. The molecule has 48 heavy (non-hydrogen) atoms. The first-order valence-electron chi connectivity index (χ1n) is 16.4. The van der Waals surface area contributed by atoms with Gasteiger partial charge in [0, 0.05) is 66.7 Å². The molecule has 1 saturated carbocycles. The molecule has 3 aromatic carbocycles. The van der Waals surface area contributed by atoms with E-state index in [2.05, 4.69) is 28.1 Å². The quantitative estimate of drug-likeness (QED) is 0.150. The molecule has 1 aromatic heterocycles. The zero-order valence-electron chi connectivity index (χ0n) is 26.6. The summed E-state index contributed by atoms with van der Waals surface area (Å²) in [5, 5.41) is 19.9. The normalized spacial score (nSPS) is 18.1. The predicted molar refractivity (Wildman–Crippen MR) is 185 cm³/mol. The molecule has 0 bridgehead atoms. The maximum Gasteiger partial charge on any atom is 0.142 e. The molecule has 1 spiro atoms. The smallest absolute Gasteiger partial charge is 0.142 e. The van der Waals surface area contributed by atoms with Crippen molar-refractivity contribution in [2.24, 2.45) is 11.1 Å². The Hall–Kier alpha value is -3.84. The lowest BCUT2D eigenvalue weighted by atomic mass is 9.62. The van der Waals surface area contributed by atoms with Crippen molar-refractivity contribution in [3.8, 4) is 34.4 Å². The van der Waals surface area contributed by atoms with E-state index in [4.69, 9.17) is 43.1 Å². The molecule has 4 aromatic rings. The molecule has 8 nitrogen and oxygen atoms in total. The number of fused-ring (bicyclic) bond motifs is 1. The zero-order chi connectivity index (χ0) is 33.3. The number of benzene rings is 3. The Bertz CT molecular complexity index is 1850. The van der Waals surface area contributed by atoms with Crippen molar-refractivity contribution in [2.75, 3.05) is 26.2 Å². The van der Waals surface area contributed by atoms with Crippen molar-refractivity contribution in [1.29, 1.82) is 5.26 Å². The van der Waals surface area contributed by atoms with Crippen LogP contribution in [0.5, 0.6) is 17.2 Å². The number of aromatic nitrogens is 1. The van der Waals surface area contributed by atoms with E-state index in [1.165, 1.54) is 11.8 Å². The molecule has 10 heteroatoms. The average molecular weight is 686 g/mol. The van der Waals surface area contributed by atoms with E-state index in [1.807, 2.05) is 24.3 Å². The lowest BCUT2D eigenvalue weighted by Gasteiger charge is -2.58. The number of nitriles is 1. The summed E-state index contributed by atoms with van der Waals surface area (Å²) in [7, 11) is 0. The number of aliphatic hydroxyl groups is 1. The summed E-state index contributed by atoms with van der Waals surface area (Å²) in [6.45, 7) is 4.22. The molecular formula is C38H38Cl2N4O4. The van der Waals surface area contributed by atoms with E-state index < -0.39 is 0 Å². The number of likely N-dealkylation sites (tertiary alicyclic amines) is 1. The van der Waals surface area contributed by atoms with Crippen LogP contribution in [0.1, 0.15) is 59.6 Å². The molecule has 3 aliphatic rings. The number of hydrogen-bond acceptors (Lipinski definition) is 8. The topological polar surface area (TPSA) is 114 Å². The molecule has 1 saturated heterocycles. The summed E-state index contributed by atoms with van der Waals surface area (Å²) in [5.74, 6) is 1.78. The first-order chi connectivity index (χ1) is 23.3. The van der Waals surface area contributed by atoms with Gasteiger partial charge in [0.2, 0.25) is 0 Å². The highest BCUT2D eigenvalue weighted by Crippen LogP contribution is 2.48. The second kappa shape index (κ2) is 13.9. The lowest BCUT2D eigenvalue weighted by Crippen LogP contribution is -2.63. The third kappa shape index (κ3) is 6.71.